The third kappa shape index (κ3) is 22.4. The molecule has 0 unspecified atom stereocenters. The molecule has 49 nitrogen and oxygen atoms in total. The number of rotatable bonds is 35. The fourth-order valence-corrected chi connectivity index (χ4v) is 13.6. The van der Waals surface area contributed by atoms with Crippen molar-refractivity contribution in [3.63, 3.8) is 0 Å². The minimum atomic E-state index is -2.00. The first-order chi connectivity index (χ1) is 54.4. The number of ether oxygens (including phenoxy) is 21. The van der Waals surface area contributed by atoms with Crippen LogP contribution in [0.3, 0.4) is 0 Å². The first-order valence-electron chi connectivity index (χ1n) is 35.0. The molecule has 0 radical (unpaired) electrons. The highest BCUT2D eigenvalue weighted by molar-refractivity contribution is 5.05. The standard InChI is InChI=1S/C63H91N21O28/c1-8-15-92-50-36(85)43-29(22-71-78-64)99-57(50)106-44-30(23-72-79-65)100-59(51(37(44)86)93-16-9-2)108-46-32(25-74-81-67)102-61(53(39(46)88)95-18-11-4)110-48-34(27-76-83-69)104-63(55(41(48)90)97-20-13-6)112-49-35(28-77-84-70)105-62(56(42(49)91)98-21-14-7)111-47-33(26-75-82-68)103-60(54(40(47)89)96-19-12-5)109-45-31(24-73-80-66)101-58(107-43)52(38(45)87)94-17-10-3/h8-14,29-63,85-91H,1-7,15-28H2/t29-,30-,31-,32-,33+,34+,35+,36+,37+,38+,39+,40+,41+,42+,43-,44-,45-,46-,47-,48-,49-,50+,51+,52-,53-,54-,55-,56-,57-,58-,59-,60-,61-,62-,63-/m1/s1. The van der Waals surface area contributed by atoms with Gasteiger partial charge in [-0.2, -0.15) is 0 Å². The van der Waals surface area contributed by atoms with Crippen LogP contribution in [-0.4, -0.2) is 343 Å². The second-order valence-electron chi connectivity index (χ2n) is 25.4. The summed E-state index contributed by atoms with van der Waals surface area (Å²) in [6.07, 6.45) is -54.5. The Morgan fingerprint density at radius 2 is 0.339 bits per heavy atom. The van der Waals surface area contributed by atoms with Crippen molar-refractivity contribution in [1.29, 1.82) is 0 Å². The van der Waals surface area contributed by atoms with Gasteiger partial charge in [-0.15, -0.1) is 46.1 Å². The molecule has 0 aliphatic carbocycles. The van der Waals surface area contributed by atoms with Crippen molar-refractivity contribution in [3.8, 4) is 0 Å². The Bertz CT molecular complexity index is 2830. The molecule has 15 aliphatic heterocycles. The molecule has 0 aromatic heterocycles. The first-order valence-corrected chi connectivity index (χ1v) is 35.0. The van der Waals surface area contributed by atoms with Gasteiger partial charge in [-0.1, -0.05) is 78.3 Å². The van der Waals surface area contributed by atoms with E-state index in [2.05, 4.69) is 116 Å². The molecule has 15 heterocycles. The van der Waals surface area contributed by atoms with Crippen LogP contribution in [0, 0.1) is 0 Å². The van der Waals surface area contributed by atoms with Crippen molar-refractivity contribution in [2.75, 3.05) is 92.1 Å². The minimum Gasteiger partial charge on any atom is -0.387 e. The van der Waals surface area contributed by atoms with Crippen molar-refractivity contribution in [2.24, 2.45) is 35.8 Å². The van der Waals surface area contributed by atoms with Crippen LogP contribution in [0.2, 0.25) is 0 Å². The Morgan fingerprint density at radius 1 is 0.223 bits per heavy atom. The van der Waals surface area contributed by atoms with E-state index in [0.29, 0.717) is 0 Å². The number of hydrogen-bond acceptors (Lipinski definition) is 35. The van der Waals surface area contributed by atoms with Gasteiger partial charge in [0.15, 0.2) is 44.0 Å². The van der Waals surface area contributed by atoms with Crippen molar-refractivity contribution >= 4 is 0 Å². The summed E-state index contributed by atoms with van der Waals surface area (Å²) in [4.78, 5) is 20.2. The first kappa shape index (κ1) is 89.8. The highest BCUT2D eigenvalue weighted by Crippen LogP contribution is 2.42. The molecule has 112 heavy (non-hydrogen) atoms. The molecular formula is C63H91N21O28. The third-order valence-electron chi connectivity index (χ3n) is 18.5. The third-order valence-corrected chi connectivity index (χ3v) is 18.5. The molecule has 7 N–H and O–H groups in total. The van der Waals surface area contributed by atoms with Crippen molar-refractivity contribution < 1.29 is 135 Å². The zero-order chi connectivity index (χ0) is 80.8. The number of hydrogen-bond donors (Lipinski definition) is 7. The Morgan fingerprint density at radius 3 is 0.438 bits per heavy atom. The summed E-state index contributed by atoms with van der Waals surface area (Å²) in [5.74, 6) is 0. The van der Waals surface area contributed by atoms with Crippen LogP contribution >= 0.6 is 0 Å². The molecule has 35 atom stereocenters. The normalized spacial score (nSPS) is 40.7. The van der Waals surface area contributed by atoms with E-state index >= 15 is 0 Å². The summed E-state index contributed by atoms with van der Waals surface area (Å²) in [6, 6.07) is 0. The molecule has 15 aliphatic rings. The topological polar surface area (TPSA) is 677 Å². The maximum atomic E-state index is 12.7. The van der Waals surface area contributed by atoms with E-state index in [9.17, 15) is 74.5 Å². The maximum Gasteiger partial charge on any atom is 0.187 e. The van der Waals surface area contributed by atoms with Crippen molar-refractivity contribution in [1.82, 2.24) is 0 Å². The lowest BCUT2D eigenvalue weighted by Crippen LogP contribution is -2.69. The second kappa shape index (κ2) is 45.9. The summed E-state index contributed by atoms with van der Waals surface area (Å²) in [5.41, 5.74) is 68.5. The van der Waals surface area contributed by atoms with E-state index < -0.39 is 261 Å². The molecule has 0 aromatic carbocycles. The molecule has 15 rings (SSSR count). The van der Waals surface area contributed by atoms with Gasteiger partial charge in [0.05, 0.1) is 135 Å². The molecule has 49 heteroatoms. The lowest BCUT2D eigenvalue weighted by Gasteiger charge is -2.51. The molecule has 14 bridgehead atoms. The van der Waals surface area contributed by atoms with E-state index in [-0.39, 0.29) is 46.2 Å². The van der Waals surface area contributed by atoms with Crippen LogP contribution in [0.4, 0.5) is 0 Å². The maximum absolute atomic E-state index is 12.7. The van der Waals surface area contributed by atoms with Crippen LogP contribution in [-0.2, 0) is 99.5 Å². The summed E-state index contributed by atoms with van der Waals surface area (Å²) in [5, 5.41) is 115. The van der Waals surface area contributed by atoms with Gasteiger partial charge in [0.25, 0.3) is 0 Å². The van der Waals surface area contributed by atoms with E-state index in [1.54, 1.807) is 0 Å². The van der Waals surface area contributed by atoms with Crippen LogP contribution in [0.5, 0.6) is 0 Å². The van der Waals surface area contributed by atoms with E-state index in [1.807, 2.05) is 0 Å². The lowest BCUT2D eigenvalue weighted by atomic mass is 9.94. The van der Waals surface area contributed by atoms with E-state index in [4.69, 9.17) is 99.5 Å². The monoisotopic (exact) mass is 1590 g/mol. The van der Waals surface area contributed by atoms with Gasteiger partial charge >= 0.3 is 0 Å². The van der Waals surface area contributed by atoms with E-state index in [1.165, 1.54) is 42.5 Å². The summed E-state index contributed by atoms with van der Waals surface area (Å²) < 4.78 is 134. The lowest BCUT2D eigenvalue weighted by molar-refractivity contribution is -0.396. The smallest absolute Gasteiger partial charge is 0.187 e. The molecule has 15 saturated heterocycles. The second-order valence-corrected chi connectivity index (χ2v) is 25.4. The summed E-state index contributed by atoms with van der Waals surface area (Å²) in [7, 11) is 0. The van der Waals surface area contributed by atoms with Gasteiger partial charge in [-0.3, -0.25) is 0 Å². The predicted molar refractivity (Wildman–Crippen MR) is 374 cm³/mol. The molecule has 616 valence electrons. The van der Waals surface area contributed by atoms with Crippen molar-refractivity contribution in [2.45, 2.75) is 215 Å². The van der Waals surface area contributed by atoms with Gasteiger partial charge in [-0.25, -0.2) is 0 Å². The Hall–Kier alpha value is -7.77. The average molecular weight is 1590 g/mol. The Kier molecular flexibility index (Phi) is 36.8. The molecular weight excluding hydrogens is 1500 g/mol. The minimum absolute atomic E-state index is 0.367. The fourth-order valence-electron chi connectivity index (χ4n) is 13.6. The molecule has 15 fully saturated rings. The van der Waals surface area contributed by atoms with E-state index in [0.717, 1.165) is 0 Å². The number of fused-ring (bicyclic) bond motifs is 7. The Labute approximate surface area is 637 Å². The van der Waals surface area contributed by atoms with Gasteiger partial charge in [0, 0.05) is 34.4 Å². The highest BCUT2D eigenvalue weighted by Gasteiger charge is 2.61. The molecule has 0 aromatic rings. The van der Waals surface area contributed by atoms with Gasteiger partial charge in [0.2, 0.25) is 0 Å². The summed E-state index contributed by atoms with van der Waals surface area (Å²) in [6.45, 7) is 18.6. The fraction of sp³-hybridized carbons (Fsp3) is 0.778. The number of aliphatic hydroxyl groups is 7. The largest absolute Gasteiger partial charge is 0.387 e. The SMILES string of the molecule is C=CCO[C@@H]1[C@H]2O[C@H]3[C@H](O)[C@@H](OCC=C)[C@@H](O[C@H]4[C@H](O)[C@@H](OCC=C)[C@@H](O[C@H]5[C@H](O)[C@@H](OCC=C)[C@@H](O[C@H]6[C@H](O)[C@@H](OCC=C)[C@@H](O[C@H]7[C@H](O)[C@@H](OCC=C)[C@@H](O[C@H]8[C@H](O)[C@H](OCC=C)[C@@H](O[C@@H]([C@@H]1O)[C@@H](CN=[N+]=[N-])O2)O[C@@H]8CN=[N+]=[N-])O[C@@H]7CN=[N+]=[N-])O[C@H]6CN=[N+]=[N-])O[C@H]5CN=[N+]=[N-])O[C@H]4CN=[N+]=[N-])O[C@@H]3CN=[N+]=[N-]. The van der Waals surface area contributed by atoms with Crippen LogP contribution in [0.15, 0.2) is 124 Å². The van der Waals surface area contributed by atoms with Gasteiger partial charge in [0.1, 0.15) is 128 Å². The van der Waals surface area contributed by atoms with Crippen LogP contribution < -0.4 is 0 Å². The van der Waals surface area contributed by atoms with Crippen LogP contribution in [0.25, 0.3) is 73.1 Å². The zero-order valence-corrected chi connectivity index (χ0v) is 60.2. The summed E-state index contributed by atoms with van der Waals surface area (Å²) >= 11 is 0. The molecule has 0 spiro atoms. The quantitative estimate of drug-likeness (QED) is 0.0207. The average Bonchev–Trinajstić information content (AvgIpc) is 0.772. The van der Waals surface area contributed by atoms with Gasteiger partial charge in [-0.05, 0) is 38.7 Å². The predicted octanol–water partition coefficient (Wildman–Crippen LogP) is 2.47. The molecule has 0 amide bonds. The number of nitrogens with zero attached hydrogens (tertiary/aromatic N) is 21. The highest BCUT2D eigenvalue weighted by atomic mass is 16.8. The zero-order valence-electron chi connectivity index (χ0n) is 60.2. The van der Waals surface area contributed by atoms with Crippen LogP contribution in [0.1, 0.15) is 0 Å². The number of aliphatic hydroxyl groups excluding tert-OH is 7. The molecule has 0 saturated carbocycles. The Balaban J connectivity index is 1.31. The number of azide groups is 7. The van der Waals surface area contributed by atoms with Gasteiger partial charge < -0.3 is 135 Å². The van der Waals surface area contributed by atoms with Crippen molar-refractivity contribution in [3.05, 3.63) is 162 Å².